The van der Waals surface area contributed by atoms with E-state index in [2.05, 4.69) is 17.2 Å². The van der Waals surface area contributed by atoms with Crippen molar-refractivity contribution in [1.82, 2.24) is 10.3 Å². The number of nitrogens with one attached hydrogen (secondary N) is 1. The van der Waals surface area contributed by atoms with E-state index >= 15 is 0 Å². The molecule has 0 saturated carbocycles. The Morgan fingerprint density at radius 2 is 1.87 bits per heavy atom. The van der Waals surface area contributed by atoms with Gasteiger partial charge in [-0.05, 0) is 55.7 Å². The molecule has 1 saturated heterocycles. The molecule has 1 aromatic heterocycles. The summed E-state index contributed by atoms with van der Waals surface area (Å²) in [4.78, 5) is 42.3. The molecule has 2 heterocycles. The summed E-state index contributed by atoms with van der Waals surface area (Å²) in [6, 6.07) is 8.46. The Labute approximate surface area is 234 Å². The minimum Gasteiger partial charge on any atom is -0.493 e. The van der Waals surface area contributed by atoms with Gasteiger partial charge in [-0.2, -0.15) is 0 Å². The second kappa shape index (κ2) is 14.2. The lowest BCUT2D eigenvalue weighted by atomic mass is 9.81. The van der Waals surface area contributed by atoms with E-state index in [0.717, 1.165) is 19.3 Å². The molecule has 9 nitrogen and oxygen atoms in total. The Balaban J connectivity index is 1.72. The summed E-state index contributed by atoms with van der Waals surface area (Å²) in [6.07, 6.45) is 3.89. The monoisotopic (exact) mass is 560 g/mol. The standard InChI is InChI=1S/C29H37ClN2O7/c1-17(2)28(34)38-16-37-26-24(36-5)13-14-31-25(26)27(33)32-23-8-6-7-21(18(3)19(4)39-29(23)35)15-20-9-11-22(30)12-10-20/h9-14,17-19,21,23H,6-8,15-16H2,1-5H3,(H,32,33). The van der Waals surface area contributed by atoms with Crippen LogP contribution in [0.1, 0.15) is 63.0 Å². The number of hydrogen-bond acceptors (Lipinski definition) is 8. The van der Waals surface area contributed by atoms with Crippen LogP contribution in [0.2, 0.25) is 5.02 Å². The number of hydrogen-bond donors (Lipinski definition) is 1. The lowest BCUT2D eigenvalue weighted by Crippen LogP contribution is -2.43. The van der Waals surface area contributed by atoms with Gasteiger partial charge < -0.3 is 24.3 Å². The zero-order valence-corrected chi connectivity index (χ0v) is 23.8. The molecule has 39 heavy (non-hydrogen) atoms. The number of pyridine rings is 1. The molecule has 0 spiro atoms. The van der Waals surface area contributed by atoms with Gasteiger partial charge in [0.1, 0.15) is 12.1 Å². The highest BCUT2D eigenvalue weighted by molar-refractivity contribution is 6.30. The van der Waals surface area contributed by atoms with Crippen LogP contribution in [0.15, 0.2) is 36.5 Å². The first-order chi connectivity index (χ1) is 18.6. The van der Waals surface area contributed by atoms with E-state index in [0.29, 0.717) is 11.4 Å². The highest BCUT2D eigenvalue weighted by Gasteiger charge is 2.33. The molecule has 1 fully saturated rings. The van der Waals surface area contributed by atoms with Crippen molar-refractivity contribution in [2.24, 2.45) is 17.8 Å². The molecule has 1 aromatic carbocycles. The molecule has 1 N–H and O–H groups in total. The fourth-order valence-corrected chi connectivity index (χ4v) is 4.62. The average molecular weight is 561 g/mol. The number of methoxy groups -OCH3 is 1. The number of cyclic esters (lactones) is 1. The third kappa shape index (κ3) is 8.33. The lowest BCUT2D eigenvalue weighted by Gasteiger charge is -2.28. The average Bonchev–Trinajstić information content (AvgIpc) is 2.95. The number of esters is 2. The van der Waals surface area contributed by atoms with Gasteiger partial charge in [-0.3, -0.25) is 9.59 Å². The van der Waals surface area contributed by atoms with Gasteiger partial charge in [0.05, 0.1) is 13.0 Å². The summed E-state index contributed by atoms with van der Waals surface area (Å²) in [5, 5.41) is 3.45. The fourth-order valence-electron chi connectivity index (χ4n) is 4.50. The van der Waals surface area contributed by atoms with E-state index in [9.17, 15) is 14.4 Å². The number of benzene rings is 1. The minimum absolute atomic E-state index is 0.00973. The van der Waals surface area contributed by atoms with Crippen molar-refractivity contribution in [2.45, 2.75) is 65.5 Å². The van der Waals surface area contributed by atoms with Gasteiger partial charge in [0.15, 0.2) is 17.2 Å². The number of halogens is 1. The third-order valence-electron chi connectivity index (χ3n) is 7.03. The van der Waals surface area contributed by atoms with E-state index in [1.54, 1.807) is 13.8 Å². The second-order valence-corrected chi connectivity index (χ2v) is 10.6. The van der Waals surface area contributed by atoms with Crippen LogP contribution >= 0.6 is 11.6 Å². The first-order valence-electron chi connectivity index (χ1n) is 13.2. The molecular weight excluding hydrogens is 524 g/mol. The van der Waals surface area contributed by atoms with Crippen LogP contribution in [-0.2, 0) is 25.5 Å². The van der Waals surface area contributed by atoms with Crippen molar-refractivity contribution in [3.05, 3.63) is 52.8 Å². The molecule has 2 aromatic rings. The molecule has 0 radical (unpaired) electrons. The maximum atomic E-state index is 13.3. The Morgan fingerprint density at radius 3 is 2.54 bits per heavy atom. The molecule has 4 unspecified atom stereocenters. The molecular formula is C29H37ClN2O7. The number of nitrogens with zero attached hydrogens (tertiary/aromatic N) is 1. The van der Waals surface area contributed by atoms with Gasteiger partial charge in [-0.1, -0.05) is 50.9 Å². The van der Waals surface area contributed by atoms with E-state index in [1.165, 1.54) is 24.9 Å². The maximum absolute atomic E-state index is 13.3. The van der Waals surface area contributed by atoms with Crippen LogP contribution in [0, 0.1) is 17.8 Å². The molecule has 3 rings (SSSR count). The SMILES string of the molecule is COc1ccnc(C(=O)NC2CCCC(Cc3ccc(Cl)cc3)C(C)C(C)OC2=O)c1OCOC(=O)C(C)C. The summed E-state index contributed by atoms with van der Waals surface area (Å²) in [6.45, 7) is 6.95. The topological polar surface area (TPSA) is 113 Å². The largest absolute Gasteiger partial charge is 0.493 e. The van der Waals surface area contributed by atoms with Gasteiger partial charge in [0.2, 0.25) is 6.79 Å². The third-order valence-corrected chi connectivity index (χ3v) is 7.29. The van der Waals surface area contributed by atoms with Crippen LogP contribution in [-0.4, -0.2) is 48.9 Å². The van der Waals surface area contributed by atoms with Gasteiger partial charge >= 0.3 is 11.9 Å². The zero-order valence-electron chi connectivity index (χ0n) is 23.1. The smallest absolute Gasteiger partial charge is 0.328 e. The van der Waals surface area contributed by atoms with Crippen LogP contribution in [0.5, 0.6) is 11.5 Å². The molecule has 0 bridgehead atoms. The van der Waals surface area contributed by atoms with Gasteiger partial charge in [-0.15, -0.1) is 0 Å². The quantitative estimate of drug-likeness (QED) is 0.337. The van der Waals surface area contributed by atoms with E-state index in [4.69, 9.17) is 30.5 Å². The predicted octanol–water partition coefficient (Wildman–Crippen LogP) is 4.99. The van der Waals surface area contributed by atoms with Crippen molar-refractivity contribution in [2.75, 3.05) is 13.9 Å². The molecule has 1 aliphatic rings. The highest BCUT2D eigenvalue weighted by atomic mass is 35.5. The highest BCUT2D eigenvalue weighted by Crippen LogP contribution is 2.31. The summed E-state index contributed by atoms with van der Waals surface area (Å²) in [7, 11) is 1.42. The molecule has 1 amide bonds. The molecule has 4 atom stereocenters. The minimum atomic E-state index is -0.860. The molecule has 1 aliphatic heterocycles. The normalized spacial score (nSPS) is 21.7. The Hall–Kier alpha value is -3.33. The van der Waals surface area contributed by atoms with Crippen LogP contribution in [0.25, 0.3) is 0 Å². The predicted molar refractivity (Wildman–Crippen MR) is 146 cm³/mol. The lowest BCUT2D eigenvalue weighted by molar-refractivity contribution is -0.154. The maximum Gasteiger partial charge on any atom is 0.328 e. The Kier molecular flexibility index (Phi) is 11.0. The first kappa shape index (κ1) is 30.2. The number of aromatic nitrogens is 1. The van der Waals surface area contributed by atoms with Crippen LogP contribution in [0.3, 0.4) is 0 Å². The van der Waals surface area contributed by atoms with Gasteiger partial charge in [-0.25, -0.2) is 9.78 Å². The van der Waals surface area contributed by atoms with Crippen LogP contribution < -0.4 is 14.8 Å². The van der Waals surface area contributed by atoms with Gasteiger partial charge in [0, 0.05) is 17.3 Å². The fraction of sp³-hybridized carbons (Fsp3) is 0.517. The molecule has 0 aliphatic carbocycles. The molecule has 212 valence electrons. The van der Waals surface area contributed by atoms with Crippen molar-refractivity contribution >= 4 is 29.4 Å². The summed E-state index contributed by atoms with van der Waals surface area (Å²) in [5.74, 6) is -1.25. The summed E-state index contributed by atoms with van der Waals surface area (Å²) in [5.41, 5.74) is 1.08. The summed E-state index contributed by atoms with van der Waals surface area (Å²) >= 11 is 6.04. The summed E-state index contributed by atoms with van der Waals surface area (Å²) < 4.78 is 21.8. The first-order valence-corrected chi connectivity index (χ1v) is 13.6. The molecule has 10 heteroatoms. The van der Waals surface area contributed by atoms with E-state index in [1.807, 2.05) is 31.2 Å². The number of ether oxygens (including phenoxy) is 4. The van der Waals surface area contributed by atoms with Crippen molar-refractivity contribution in [3.63, 3.8) is 0 Å². The van der Waals surface area contributed by atoms with Gasteiger partial charge in [0.25, 0.3) is 5.91 Å². The second-order valence-electron chi connectivity index (χ2n) is 10.1. The van der Waals surface area contributed by atoms with Crippen LogP contribution in [0.4, 0.5) is 0 Å². The van der Waals surface area contributed by atoms with E-state index in [-0.39, 0.29) is 41.1 Å². The Bertz CT molecular complexity index is 1140. The van der Waals surface area contributed by atoms with E-state index < -0.39 is 30.7 Å². The van der Waals surface area contributed by atoms with Crippen molar-refractivity contribution in [3.8, 4) is 11.5 Å². The zero-order chi connectivity index (χ0) is 28.5. The number of rotatable bonds is 9. The Morgan fingerprint density at radius 1 is 1.15 bits per heavy atom. The number of carbonyl (C=O) groups is 3. The number of amides is 1. The van der Waals surface area contributed by atoms with Crippen molar-refractivity contribution < 1.29 is 33.3 Å². The van der Waals surface area contributed by atoms with Crippen molar-refractivity contribution in [1.29, 1.82) is 0 Å². The number of carbonyl (C=O) groups excluding carboxylic acids is 3.